The molecule has 0 aromatic heterocycles. The monoisotopic (exact) mass is 364 g/mol. The van der Waals surface area contributed by atoms with Crippen molar-refractivity contribution in [2.45, 2.75) is 35.6 Å². The number of aliphatic carboxylic acids is 2. The van der Waals surface area contributed by atoms with Gasteiger partial charge in [-0.2, -0.15) is 0 Å². The third kappa shape index (κ3) is 5.84. The first kappa shape index (κ1) is 15.9. The van der Waals surface area contributed by atoms with E-state index in [0.717, 1.165) is 0 Å². The molecule has 0 spiro atoms. The van der Waals surface area contributed by atoms with Crippen LogP contribution in [0.5, 0.6) is 0 Å². The van der Waals surface area contributed by atoms with E-state index in [1.54, 1.807) is 0 Å². The van der Waals surface area contributed by atoms with Gasteiger partial charge in [0.25, 0.3) is 0 Å². The molecule has 0 amide bonds. The fraction of sp³-hybridized carbons (Fsp3) is 0.750. The molecule has 0 aromatic carbocycles. The maximum atomic E-state index is 10.7. The molecule has 0 rings (SSSR count). The Bertz CT molecular complexity index is 252. The topological polar surface area (TPSA) is 127 Å². The molecule has 16 heavy (non-hydrogen) atoms. The second-order valence-corrected chi connectivity index (χ2v) is 10.7. The molecule has 6 N–H and O–H groups in total. The van der Waals surface area contributed by atoms with Crippen LogP contribution in [0.1, 0.15) is 13.3 Å². The molecule has 0 aromatic rings. The normalized spacial score (nSPS) is 16.4. The van der Waals surface area contributed by atoms with Gasteiger partial charge in [0.05, 0.1) is 0 Å². The number of carboxylic acids is 2. The van der Waals surface area contributed by atoms with Crippen molar-refractivity contribution < 1.29 is 19.8 Å². The summed E-state index contributed by atoms with van der Waals surface area (Å²) in [6.45, 7) is 1.89. The number of carboxylic acid groups (broad SMARTS) is 2. The Hall–Kier alpha value is -0.101. The van der Waals surface area contributed by atoms with E-state index in [1.165, 1.54) is 0 Å². The summed E-state index contributed by atoms with van der Waals surface area (Å²) in [6.07, 6.45) is 0.706. The predicted octanol–water partition coefficient (Wildman–Crippen LogP) is -1.25. The Balaban J connectivity index is 3.97. The summed E-state index contributed by atoms with van der Waals surface area (Å²) in [5, 5.41) is 17.8. The first-order chi connectivity index (χ1) is 7.40. The fourth-order valence-corrected chi connectivity index (χ4v) is 9.88. The number of nitrogens with two attached hydrogens (primary N) is 2. The summed E-state index contributed by atoms with van der Waals surface area (Å²) in [5.74, 6) is -2.00. The Labute approximate surface area is 105 Å². The molecule has 0 aliphatic carbocycles. The van der Waals surface area contributed by atoms with Crippen LogP contribution in [0.2, 0.25) is 10.1 Å². The van der Waals surface area contributed by atoms with Gasteiger partial charge in [0.15, 0.2) is 0 Å². The van der Waals surface area contributed by atoms with Crippen molar-refractivity contribution in [3.63, 3.8) is 0 Å². The van der Waals surface area contributed by atoms with Crippen LogP contribution in [0.4, 0.5) is 0 Å². The number of rotatable bonds is 8. The Kier molecular flexibility index (Phi) is 8.01. The van der Waals surface area contributed by atoms with Crippen molar-refractivity contribution in [3.8, 4) is 0 Å². The zero-order chi connectivity index (χ0) is 12.7. The number of hydrogen-bond acceptors (Lipinski definition) is 4. The van der Waals surface area contributed by atoms with Crippen LogP contribution in [0.15, 0.2) is 0 Å². The summed E-state index contributed by atoms with van der Waals surface area (Å²) < 4.78 is 0. The zero-order valence-corrected chi connectivity index (χ0v) is 12.3. The number of carbonyl (C=O) groups is 2. The van der Waals surface area contributed by atoms with Gasteiger partial charge in [0.2, 0.25) is 0 Å². The van der Waals surface area contributed by atoms with Crippen LogP contribution >= 0.6 is 0 Å². The van der Waals surface area contributed by atoms with Gasteiger partial charge in [0.1, 0.15) is 0 Å². The molecule has 0 aliphatic rings. The van der Waals surface area contributed by atoms with Crippen molar-refractivity contribution in [2.75, 3.05) is 0 Å². The van der Waals surface area contributed by atoms with Crippen molar-refractivity contribution in [1.29, 1.82) is 0 Å². The third-order valence-electron chi connectivity index (χ3n) is 1.84. The SMILES string of the molecule is CCC([Se][Se]CC(N)C(=O)O)C(N)C(=O)O. The zero-order valence-electron chi connectivity index (χ0n) is 8.83. The van der Waals surface area contributed by atoms with E-state index in [9.17, 15) is 9.59 Å². The summed E-state index contributed by atoms with van der Waals surface area (Å²) in [7, 11) is 0. The van der Waals surface area contributed by atoms with Crippen LogP contribution in [-0.4, -0.2) is 60.5 Å². The average Bonchev–Trinajstić information content (AvgIpc) is 2.22. The molecule has 3 atom stereocenters. The third-order valence-corrected chi connectivity index (χ3v) is 10.7. The maximum absolute atomic E-state index is 10.7. The first-order valence-corrected chi connectivity index (χ1v) is 11.2. The van der Waals surface area contributed by atoms with Crippen molar-refractivity contribution in [2.24, 2.45) is 11.5 Å². The standard InChI is InChI=1S/C8H16N2O4Se2/c1-2-5(6(10)8(13)14)16-15-3-4(9)7(11)12/h4-6H,2-3,9-10H2,1H3,(H,11,12)(H,13,14). The van der Waals surface area contributed by atoms with Gasteiger partial charge < -0.3 is 0 Å². The van der Waals surface area contributed by atoms with E-state index in [2.05, 4.69) is 0 Å². The van der Waals surface area contributed by atoms with E-state index in [1.807, 2.05) is 6.92 Å². The average molecular weight is 362 g/mol. The molecule has 0 fully saturated rings. The molecule has 0 heterocycles. The second kappa shape index (κ2) is 8.06. The molecule has 6 nitrogen and oxygen atoms in total. The van der Waals surface area contributed by atoms with Gasteiger partial charge >= 0.3 is 105 Å². The van der Waals surface area contributed by atoms with Gasteiger partial charge in [-0.3, -0.25) is 0 Å². The molecule has 94 valence electrons. The van der Waals surface area contributed by atoms with Gasteiger partial charge in [-0.1, -0.05) is 0 Å². The second-order valence-electron chi connectivity index (χ2n) is 3.14. The molecular weight excluding hydrogens is 346 g/mol. The van der Waals surface area contributed by atoms with Crippen molar-refractivity contribution >= 4 is 38.2 Å². The summed E-state index contributed by atoms with van der Waals surface area (Å²) in [5.41, 5.74) is 10.9. The van der Waals surface area contributed by atoms with E-state index < -0.39 is 24.0 Å². The van der Waals surface area contributed by atoms with Gasteiger partial charge in [-0.15, -0.1) is 0 Å². The molecule has 0 bridgehead atoms. The fourth-order valence-electron chi connectivity index (χ4n) is 0.812. The van der Waals surface area contributed by atoms with Gasteiger partial charge in [0, 0.05) is 0 Å². The molecular formula is C8H16N2O4Se2. The van der Waals surface area contributed by atoms with Crippen LogP contribution < -0.4 is 11.5 Å². The number of hydrogen-bond donors (Lipinski definition) is 4. The van der Waals surface area contributed by atoms with E-state index in [4.69, 9.17) is 21.7 Å². The van der Waals surface area contributed by atoms with Crippen LogP contribution in [0.25, 0.3) is 0 Å². The molecule has 0 radical (unpaired) electrons. The summed E-state index contributed by atoms with van der Waals surface area (Å²) >= 11 is 0.158. The molecule has 0 saturated heterocycles. The quantitative estimate of drug-likeness (QED) is 0.400. The Morgan fingerprint density at radius 2 is 1.81 bits per heavy atom. The van der Waals surface area contributed by atoms with Crippen LogP contribution in [0.3, 0.4) is 0 Å². The van der Waals surface area contributed by atoms with E-state index in [0.29, 0.717) is 11.7 Å². The van der Waals surface area contributed by atoms with Crippen molar-refractivity contribution in [3.05, 3.63) is 0 Å². The van der Waals surface area contributed by atoms with Crippen LogP contribution in [0, 0.1) is 0 Å². The van der Waals surface area contributed by atoms with E-state index >= 15 is 0 Å². The summed E-state index contributed by atoms with van der Waals surface area (Å²) in [6, 6.07) is -1.67. The Morgan fingerprint density at radius 1 is 1.25 bits per heavy atom. The minimum absolute atomic E-state index is 0.0361. The molecule has 0 saturated carbocycles. The van der Waals surface area contributed by atoms with Crippen LogP contribution in [-0.2, 0) is 9.59 Å². The van der Waals surface area contributed by atoms with Crippen molar-refractivity contribution in [1.82, 2.24) is 0 Å². The Morgan fingerprint density at radius 3 is 2.19 bits per heavy atom. The molecule has 3 unspecified atom stereocenters. The van der Waals surface area contributed by atoms with Gasteiger partial charge in [-0.25, -0.2) is 0 Å². The molecule has 8 heteroatoms. The van der Waals surface area contributed by atoms with E-state index in [-0.39, 0.29) is 31.1 Å². The predicted molar refractivity (Wildman–Crippen MR) is 61.6 cm³/mol. The minimum atomic E-state index is -1.01. The van der Waals surface area contributed by atoms with Gasteiger partial charge in [-0.05, 0) is 0 Å². The molecule has 0 aliphatic heterocycles. The summed E-state index contributed by atoms with van der Waals surface area (Å²) in [4.78, 5) is 21.1. The first-order valence-electron chi connectivity index (χ1n) is 4.65.